The Hall–Kier alpha value is -1.89. The average molecular weight is 339 g/mol. The number of carboxylic acid groups (broad SMARTS) is 1. The topological polar surface area (TPSA) is 95.4 Å². The summed E-state index contributed by atoms with van der Waals surface area (Å²) in [6.07, 6.45) is 3.13. The second-order valence-corrected chi connectivity index (χ2v) is 7.02. The fraction of sp³-hybridized carbons (Fsp3) is 0.706. The van der Waals surface area contributed by atoms with Gasteiger partial charge in [-0.15, -0.1) is 0 Å². The van der Waals surface area contributed by atoms with Crippen molar-refractivity contribution in [3.63, 3.8) is 0 Å². The Morgan fingerprint density at radius 3 is 2.12 bits per heavy atom. The third kappa shape index (κ3) is 6.70. The monoisotopic (exact) mass is 339 g/mol. The molecule has 0 bridgehead atoms. The number of aliphatic carboxylic acids is 1. The van der Waals surface area contributed by atoms with Crippen molar-refractivity contribution in [2.45, 2.75) is 53.1 Å². The van der Waals surface area contributed by atoms with Crippen molar-refractivity contribution in [3.8, 4) is 0 Å². The van der Waals surface area contributed by atoms with Crippen LogP contribution in [0.2, 0.25) is 0 Å². The molecule has 1 aromatic rings. The summed E-state index contributed by atoms with van der Waals surface area (Å²) in [6.45, 7) is 9.75. The van der Waals surface area contributed by atoms with E-state index >= 15 is 0 Å². The van der Waals surface area contributed by atoms with Gasteiger partial charge in [0.05, 0.1) is 6.54 Å². The van der Waals surface area contributed by atoms with E-state index in [1.807, 2.05) is 4.90 Å². The minimum absolute atomic E-state index is 0.0150. The molecule has 0 aliphatic heterocycles. The number of aromatic nitrogens is 2. The molecule has 0 saturated carbocycles. The van der Waals surface area contributed by atoms with Crippen molar-refractivity contribution in [2.75, 3.05) is 13.1 Å². The van der Waals surface area contributed by atoms with Gasteiger partial charge >= 0.3 is 11.7 Å². The summed E-state index contributed by atoms with van der Waals surface area (Å²) >= 11 is 0. The molecule has 136 valence electrons. The van der Waals surface area contributed by atoms with Crippen LogP contribution >= 0.6 is 0 Å². The van der Waals surface area contributed by atoms with Gasteiger partial charge < -0.3 is 5.11 Å². The maximum absolute atomic E-state index is 11.8. The summed E-state index contributed by atoms with van der Waals surface area (Å²) in [6, 6.07) is 0.429. The molecule has 0 aromatic carbocycles. The Labute approximate surface area is 142 Å². The van der Waals surface area contributed by atoms with Crippen molar-refractivity contribution >= 4 is 5.97 Å². The summed E-state index contributed by atoms with van der Waals surface area (Å²) in [5.74, 6) is -0.0193. The highest BCUT2D eigenvalue weighted by molar-refractivity contribution is 5.73. The van der Waals surface area contributed by atoms with Crippen molar-refractivity contribution in [1.29, 1.82) is 0 Å². The van der Waals surface area contributed by atoms with Crippen LogP contribution < -0.4 is 11.2 Å². The molecule has 1 rings (SSSR count). The second-order valence-electron chi connectivity index (χ2n) is 7.02. The third-order valence-electron chi connectivity index (χ3n) is 3.98. The SMILES string of the molecule is CC(C)CCN(CCC(C)C)[C@@H](Cn1ccc(=O)[nH]c1=O)C(=O)O. The zero-order valence-electron chi connectivity index (χ0n) is 15.0. The fourth-order valence-electron chi connectivity index (χ4n) is 2.40. The van der Waals surface area contributed by atoms with Crippen LogP contribution in [0, 0.1) is 11.8 Å². The van der Waals surface area contributed by atoms with Gasteiger partial charge in [0, 0.05) is 12.3 Å². The first-order valence-electron chi connectivity index (χ1n) is 8.47. The van der Waals surface area contributed by atoms with E-state index in [4.69, 9.17) is 0 Å². The minimum Gasteiger partial charge on any atom is -0.480 e. The number of nitrogens with one attached hydrogen (secondary N) is 1. The van der Waals surface area contributed by atoms with Gasteiger partial charge in [0.25, 0.3) is 5.56 Å². The average Bonchev–Trinajstić information content (AvgIpc) is 2.46. The van der Waals surface area contributed by atoms with Crippen LogP contribution in [-0.2, 0) is 11.3 Å². The van der Waals surface area contributed by atoms with Gasteiger partial charge in [-0.3, -0.25) is 24.0 Å². The summed E-state index contributed by atoms with van der Waals surface area (Å²) in [4.78, 5) is 38.9. The molecule has 1 atom stereocenters. The van der Waals surface area contributed by atoms with Crippen LogP contribution in [0.3, 0.4) is 0 Å². The van der Waals surface area contributed by atoms with Crippen molar-refractivity contribution in [1.82, 2.24) is 14.5 Å². The van der Waals surface area contributed by atoms with E-state index in [-0.39, 0.29) is 6.54 Å². The van der Waals surface area contributed by atoms with Crippen molar-refractivity contribution in [3.05, 3.63) is 33.1 Å². The van der Waals surface area contributed by atoms with E-state index in [9.17, 15) is 19.5 Å². The number of aromatic amines is 1. The van der Waals surface area contributed by atoms with Gasteiger partial charge in [0.2, 0.25) is 0 Å². The fourth-order valence-corrected chi connectivity index (χ4v) is 2.40. The first-order chi connectivity index (χ1) is 11.2. The Kier molecular flexibility index (Phi) is 7.91. The highest BCUT2D eigenvalue weighted by Crippen LogP contribution is 2.11. The molecular formula is C17H29N3O4. The predicted molar refractivity (Wildman–Crippen MR) is 93.2 cm³/mol. The Balaban J connectivity index is 2.98. The number of carboxylic acids is 1. The lowest BCUT2D eigenvalue weighted by Gasteiger charge is -2.30. The van der Waals surface area contributed by atoms with Crippen LogP contribution in [-0.4, -0.2) is 44.7 Å². The van der Waals surface area contributed by atoms with Crippen molar-refractivity contribution < 1.29 is 9.90 Å². The van der Waals surface area contributed by atoms with Crippen molar-refractivity contribution in [2.24, 2.45) is 11.8 Å². The zero-order valence-corrected chi connectivity index (χ0v) is 15.0. The molecule has 0 fully saturated rings. The second kappa shape index (κ2) is 9.42. The summed E-state index contributed by atoms with van der Waals surface area (Å²) in [5.41, 5.74) is -1.07. The Morgan fingerprint density at radius 1 is 1.17 bits per heavy atom. The molecule has 0 saturated heterocycles. The van der Waals surface area contributed by atoms with E-state index < -0.39 is 23.3 Å². The smallest absolute Gasteiger partial charge is 0.328 e. The molecule has 7 heteroatoms. The largest absolute Gasteiger partial charge is 0.480 e. The number of hydrogen-bond acceptors (Lipinski definition) is 4. The minimum atomic E-state index is -0.958. The van der Waals surface area contributed by atoms with Gasteiger partial charge in [0.15, 0.2) is 0 Å². The Bertz CT molecular complexity index is 621. The number of H-pyrrole nitrogens is 1. The number of nitrogens with zero attached hydrogens (tertiary/aromatic N) is 2. The third-order valence-corrected chi connectivity index (χ3v) is 3.98. The zero-order chi connectivity index (χ0) is 18.3. The lowest BCUT2D eigenvalue weighted by molar-refractivity contribution is -0.144. The van der Waals surface area contributed by atoms with Gasteiger partial charge in [-0.05, 0) is 37.8 Å². The molecule has 0 radical (unpaired) electrons. The predicted octanol–water partition coefficient (Wildman–Crippen LogP) is 1.38. The lowest BCUT2D eigenvalue weighted by atomic mass is 10.1. The van der Waals surface area contributed by atoms with Gasteiger partial charge in [-0.25, -0.2) is 4.79 Å². The molecule has 0 aliphatic carbocycles. The molecule has 0 unspecified atom stereocenters. The van der Waals surface area contributed by atoms with Crippen LogP contribution in [0.5, 0.6) is 0 Å². The van der Waals surface area contributed by atoms with Crippen LogP contribution in [0.4, 0.5) is 0 Å². The van der Waals surface area contributed by atoms with E-state index in [0.717, 1.165) is 12.8 Å². The molecule has 2 N–H and O–H groups in total. The number of rotatable bonds is 10. The van der Waals surface area contributed by atoms with E-state index in [1.165, 1.54) is 16.8 Å². The standard InChI is InChI=1S/C17H29N3O4/c1-12(2)5-8-19(9-6-13(3)4)14(16(22)23)11-20-10-7-15(21)18-17(20)24/h7,10,12-14H,5-6,8-9,11H2,1-4H3,(H,22,23)(H,18,21,24)/t14-/m0/s1. The first kappa shape index (κ1) is 20.2. The molecule has 0 spiro atoms. The quantitative estimate of drug-likeness (QED) is 0.671. The summed E-state index contributed by atoms with van der Waals surface area (Å²) in [7, 11) is 0. The lowest BCUT2D eigenvalue weighted by Crippen LogP contribution is -2.47. The molecule has 24 heavy (non-hydrogen) atoms. The molecule has 1 heterocycles. The normalized spacial score (nSPS) is 13.0. The van der Waals surface area contributed by atoms with E-state index in [1.54, 1.807) is 0 Å². The Morgan fingerprint density at radius 2 is 1.71 bits per heavy atom. The van der Waals surface area contributed by atoms with Crippen LogP contribution in [0.25, 0.3) is 0 Å². The molecule has 0 aliphatic rings. The van der Waals surface area contributed by atoms with E-state index in [2.05, 4.69) is 32.7 Å². The first-order valence-corrected chi connectivity index (χ1v) is 8.47. The number of hydrogen-bond donors (Lipinski definition) is 2. The molecule has 0 amide bonds. The van der Waals surface area contributed by atoms with Gasteiger partial charge in [-0.2, -0.15) is 0 Å². The van der Waals surface area contributed by atoms with Gasteiger partial charge in [-0.1, -0.05) is 27.7 Å². The van der Waals surface area contributed by atoms with Gasteiger partial charge in [0.1, 0.15) is 6.04 Å². The number of carbonyl (C=O) groups is 1. The molecule has 1 aromatic heterocycles. The van der Waals surface area contributed by atoms with Crippen LogP contribution in [0.15, 0.2) is 21.9 Å². The molecule has 7 nitrogen and oxygen atoms in total. The maximum atomic E-state index is 11.8. The summed E-state index contributed by atoms with van der Waals surface area (Å²) in [5, 5.41) is 9.65. The maximum Gasteiger partial charge on any atom is 0.328 e. The van der Waals surface area contributed by atoms with E-state index in [0.29, 0.717) is 24.9 Å². The van der Waals surface area contributed by atoms with Crippen LogP contribution in [0.1, 0.15) is 40.5 Å². The highest BCUT2D eigenvalue weighted by atomic mass is 16.4. The summed E-state index contributed by atoms with van der Waals surface area (Å²) < 4.78 is 1.25. The highest BCUT2D eigenvalue weighted by Gasteiger charge is 2.26. The molecular weight excluding hydrogens is 310 g/mol.